The molecule has 0 aliphatic carbocycles. The van der Waals surface area contributed by atoms with E-state index in [0.717, 1.165) is 6.07 Å². The van der Waals surface area contributed by atoms with Crippen molar-refractivity contribution in [2.24, 2.45) is 5.14 Å². The molecule has 1 aromatic carbocycles. The number of nitrogens with zero attached hydrogens (tertiary/aromatic N) is 1. The van der Waals surface area contributed by atoms with Crippen molar-refractivity contribution < 1.29 is 12.8 Å². The van der Waals surface area contributed by atoms with Gasteiger partial charge in [0.2, 0.25) is 10.0 Å². The Kier molecular flexibility index (Phi) is 3.77. The molecule has 0 unspecified atom stereocenters. The van der Waals surface area contributed by atoms with Crippen LogP contribution >= 0.6 is 0 Å². The summed E-state index contributed by atoms with van der Waals surface area (Å²) in [5, 5.41) is 13.1. The molecule has 0 heterocycles. The second-order valence-electron chi connectivity index (χ2n) is 2.99. The SMILES string of the molecule is N#CCC=Cc1ccc(S(N)(=O)=O)cc1F. The minimum Gasteiger partial charge on any atom is -0.225 e. The highest BCUT2D eigenvalue weighted by Gasteiger charge is 2.09. The Bertz CT molecular complexity index is 559. The van der Waals surface area contributed by atoms with Crippen molar-refractivity contribution in [3.05, 3.63) is 35.7 Å². The molecule has 0 atom stereocenters. The zero-order valence-corrected chi connectivity index (χ0v) is 9.04. The van der Waals surface area contributed by atoms with E-state index in [-0.39, 0.29) is 16.9 Å². The molecule has 0 spiro atoms. The highest BCUT2D eigenvalue weighted by Crippen LogP contribution is 2.15. The van der Waals surface area contributed by atoms with Crippen LogP contribution in [0, 0.1) is 17.1 Å². The van der Waals surface area contributed by atoms with Gasteiger partial charge < -0.3 is 0 Å². The van der Waals surface area contributed by atoms with E-state index in [1.165, 1.54) is 24.3 Å². The Morgan fingerprint density at radius 1 is 1.50 bits per heavy atom. The van der Waals surface area contributed by atoms with E-state index in [1.54, 1.807) is 0 Å². The maximum atomic E-state index is 13.4. The van der Waals surface area contributed by atoms with E-state index >= 15 is 0 Å². The van der Waals surface area contributed by atoms with Gasteiger partial charge in [0.1, 0.15) is 5.82 Å². The fourth-order valence-electron chi connectivity index (χ4n) is 1.06. The topological polar surface area (TPSA) is 83.9 Å². The van der Waals surface area contributed by atoms with Gasteiger partial charge in [-0.1, -0.05) is 18.2 Å². The Balaban J connectivity index is 3.07. The van der Waals surface area contributed by atoms with E-state index in [4.69, 9.17) is 10.4 Å². The molecule has 1 aromatic rings. The molecule has 0 amide bonds. The van der Waals surface area contributed by atoms with Crippen LogP contribution in [0.4, 0.5) is 4.39 Å². The van der Waals surface area contributed by atoms with E-state index in [0.29, 0.717) is 0 Å². The van der Waals surface area contributed by atoms with Crippen molar-refractivity contribution in [3.63, 3.8) is 0 Å². The van der Waals surface area contributed by atoms with Gasteiger partial charge in [-0.05, 0) is 12.1 Å². The number of primary sulfonamides is 1. The van der Waals surface area contributed by atoms with Crippen LogP contribution in [0.2, 0.25) is 0 Å². The number of hydrogen-bond acceptors (Lipinski definition) is 3. The van der Waals surface area contributed by atoms with Crippen molar-refractivity contribution in [3.8, 4) is 6.07 Å². The first-order valence-electron chi connectivity index (χ1n) is 4.31. The molecule has 0 bridgehead atoms. The van der Waals surface area contributed by atoms with Gasteiger partial charge in [-0.25, -0.2) is 17.9 Å². The van der Waals surface area contributed by atoms with Crippen LogP contribution in [0.25, 0.3) is 6.08 Å². The van der Waals surface area contributed by atoms with Crippen LogP contribution in [0.1, 0.15) is 12.0 Å². The van der Waals surface area contributed by atoms with Gasteiger partial charge in [0.15, 0.2) is 0 Å². The lowest BCUT2D eigenvalue weighted by Crippen LogP contribution is -2.12. The lowest BCUT2D eigenvalue weighted by molar-refractivity contribution is 0.592. The van der Waals surface area contributed by atoms with E-state index in [1.807, 2.05) is 6.07 Å². The van der Waals surface area contributed by atoms with Crippen LogP contribution < -0.4 is 5.14 Å². The molecule has 0 saturated heterocycles. The summed E-state index contributed by atoms with van der Waals surface area (Å²) in [4.78, 5) is -0.276. The van der Waals surface area contributed by atoms with Crippen LogP contribution in [-0.2, 0) is 10.0 Å². The maximum Gasteiger partial charge on any atom is 0.238 e. The zero-order chi connectivity index (χ0) is 12.2. The van der Waals surface area contributed by atoms with Crippen LogP contribution in [0.3, 0.4) is 0 Å². The Labute approximate surface area is 92.9 Å². The van der Waals surface area contributed by atoms with Crippen molar-refractivity contribution in [1.82, 2.24) is 0 Å². The fraction of sp³-hybridized carbons (Fsp3) is 0.100. The van der Waals surface area contributed by atoms with Gasteiger partial charge >= 0.3 is 0 Å². The first kappa shape index (κ1) is 12.4. The summed E-state index contributed by atoms with van der Waals surface area (Å²) >= 11 is 0. The molecule has 4 nitrogen and oxygen atoms in total. The minimum absolute atomic E-state index is 0.163. The third-order valence-electron chi connectivity index (χ3n) is 1.81. The van der Waals surface area contributed by atoms with Gasteiger partial charge in [-0.15, -0.1) is 0 Å². The largest absolute Gasteiger partial charge is 0.238 e. The molecule has 0 aliphatic heterocycles. The minimum atomic E-state index is -3.88. The number of sulfonamides is 1. The van der Waals surface area contributed by atoms with Crippen molar-refractivity contribution >= 4 is 16.1 Å². The summed E-state index contributed by atoms with van der Waals surface area (Å²) in [6.07, 6.45) is 3.05. The molecular formula is C10H9FN2O2S. The average Bonchev–Trinajstić information content (AvgIpc) is 2.19. The third-order valence-corrected chi connectivity index (χ3v) is 2.72. The standard InChI is InChI=1S/C10H9FN2O2S/c11-10-7-9(16(13,14)15)5-4-8(10)3-1-2-6-12/h1,3-5,7H,2H2,(H2,13,14,15). The maximum absolute atomic E-state index is 13.4. The molecule has 0 aromatic heterocycles. The van der Waals surface area contributed by atoms with Crippen molar-refractivity contribution in [2.45, 2.75) is 11.3 Å². The first-order valence-corrected chi connectivity index (χ1v) is 5.85. The lowest BCUT2D eigenvalue weighted by atomic mass is 10.2. The smallest absolute Gasteiger partial charge is 0.225 e. The number of nitrogens with two attached hydrogens (primary N) is 1. The molecule has 16 heavy (non-hydrogen) atoms. The Morgan fingerprint density at radius 2 is 2.19 bits per heavy atom. The molecule has 1 rings (SSSR count). The Hall–Kier alpha value is -1.71. The van der Waals surface area contributed by atoms with E-state index in [2.05, 4.69) is 0 Å². The number of benzene rings is 1. The normalized spacial score (nSPS) is 11.6. The second-order valence-corrected chi connectivity index (χ2v) is 4.55. The van der Waals surface area contributed by atoms with Gasteiger partial charge in [-0.3, -0.25) is 0 Å². The number of hydrogen-bond donors (Lipinski definition) is 1. The predicted octanol–water partition coefficient (Wildman–Crippen LogP) is 1.40. The van der Waals surface area contributed by atoms with Crippen LogP contribution in [0.15, 0.2) is 29.2 Å². The molecule has 6 heteroatoms. The average molecular weight is 240 g/mol. The lowest BCUT2D eigenvalue weighted by Gasteiger charge is -2.00. The molecule has 0 aliphatic rings. The summed E-state index contributed by atoms with van der Waals surface area (Å²) in [5.74, 6) is -0.694. The molecule has 2 N–H and O–H groups in total. The summed E-state index contributed by atoms with van der Waals surface area (Å²) in [6.45, 7) is 0. The third kappa shape index (κ3) is 3.15. The molecule has 84 valence electrons. The van der Waals surface area contributed by atoms with Gasteiger partial charge in [0.25, 0.3) is 0 Å². The summed E-state index contributed by atoms with van der Waals surface area (Å²) < 4.78 is 35.2. The van der Waals surface area contributed by atoms with Gasteiger partial charge in [-0.2, -0.15) is 5.26 Å². The number of nitriles is 1. The van der Waals surface area contributed by atoms with Crippen LogP contribution in [-0.4, -0.2) is 8.42 Å². The van der Waals surface area contributed by atoms with Crippen LogP contribution in [0.5, 0.6) is 0 Å². The van der Waals surface area contributed by atoms with Gasteiger partial charge in [0.05, 0.1) is 17.4 Å². The monoisotopic (exact) mass is 240 g/mol. The highest BCUT2D eigenvalue weighted by molar-refractivity contribution is 7.89. The number of rotatable bonds is 3. The van der Waals surface area contributed by atoms with E-state index < -0.39 is 15.8 Å². The molecule has 0 radical (unpaired) electrons. The predicted molar refractivity (Wildman–Crippen MR) is 57.0 cm³/mol. The first-order chi connectivity index (χ1) is 7.45. The summed E-state index contributed by atoms with van der Waals surface area (Å²) in [5.41, 5.74) is 0.211. The van der Waals surface area contributed by atoms with Crippen molar-refractivity contribution in [1.29, 1.82) is 5.26 Å². The summed E-state index contributed by atoms with van der Waals surface area (Å²) in [7, 11) is -3.88. The highest BCUT2D eigenvalue weighted by atomic mass is 32.2. The second kappa shape index (κ2) is 4.88. The number of allylic oxidation sites excluding steroid dienone is 1. The van der Waals surface area contributed by atoms with E-state index in [9.17, 15) is 12.8 Å². The molecule has 0 saturated carbocycles. The van der Waals surface area contributed by atoms with Gasteiger partial charge in [0, 0.05) is 5.56 Å². The Morgan fingerprint density at radius 3 is 2.69 bits per heavy atom. The summed E-state index contributed by atoms with van der Waals surface area (Å²) in [6, 6.07) is 5.22. The fourth-order valence-corrected chi connectivity index (χ4v) is 1.58. The molecular weight excluding hydrogens is 231 g/mol. The molecule has 0 fully saturated rings. The number of halogens is 1. The zero-order valence-electron chi connectivity index (χ0n) is 8.22. The quantitative estimate of drug-likeness (QED) is 0.866. The van der Waals surface area contributed by atoms with Crippen molar-refractivity contribution in [2.75, 3.05) is 0 Å².